The summed E-state index contributed by atoms with van der Waals surface area (Å²) >= 11 is 0. The Bertz CT molecular complexity index is 1080. The third kappa shape index (κ3) is 5.98. The van der Waals surface area contributed by atoms with E-state index < -0.39 is 48.6 Å². The average Bonchev–Trinajstić information content (AvgIpc) is 3.48. The second-order valence-corrected chi connectivity index (χ2v) is 9.17. The van der Waals surface area contributed by atoms with E-state index in [9.17, 15) is 29.4 Å². The molecule has 0 spiro atoms. The molecule has 7 N–H and O–H groups in total. The molecule has 2 aromatic rings. The fourth-order valence-corrected chi connectivity index (χ4v) is 4.23. The number of carboxylic acid groups (broad SMARTS) is 1. The van der Waals surface area contributed by atoms with Crippen molar-refractivity contribution in [3.8, 4) is 0 Å². The number of aliphatic hydroxyl groups is 1. The highest BCUT2D eigenvalue weighted by molar-refractivity contribution is 5.94. The molecule has 0 bridgehead atoms. The van der Waals surface area contributed by atoms with Crippen molar-refractivity contribution in [3.63, 3.8) is 0 Å². The van der Waals surface area contributed by atoms with Crippen molar-refractivity contribution in [3.05, 3.63) is 36.0 Å². The number of benzene rings is 1. The fourth-order valence-electron chi connectivity index (χ4n) is 4.23. The SMILES string of the molecule is CC(C)C(N)C(=O)N1CCCC1C(=O)NC(CO)C(=O)NC(Cc1c[nH]c2ccccc12)C(=O)O. The first kappa shape index (κ1) is 26.2. The van der Waals surface area contributed by atoms with Crippen molar-refractivity contribution in [1.29, 1.82) is 0 Å². The number of aliphatic hydroxyl groups excluding tert-OH is 1. The highest BCUT2D eigenvalue weighted by atomic mass is 16.4. The Labute approximate surface area is 203 Å². The molecule has 11 nitrogen and oxygen atoms in total. The van der Waals surface area contributed by atoms with Gasteiger partial charge in [0.2, 0.25) is 17.7 Å². The monoisotopic (exact) mass is 487 g/mol. The molecule has 1 aliphatic heterocycles. The van der Waals surface area contributed by atoms with E-state index in [0.717, 1.165) is 10.9 Å². The molecule has 1 aromatic carbocycles. The normalized spacial score (nSPS) is 18.3. The number of carbonyl (C=O) groups is 4. The van der Waals surface area contributed by atoms with Crippen molar-refractivity contribution in [2.75, 3.05) is 13.2 Å². The van der Waals surface area contributed by atoms with Crippen molar-refractivity contribution < 1.29 is 29.4 Å². The van der Waals surface area contributed by atoms with Crippen LogP contribution >= 0.6 is 0 Å². The Balaban J connectivity index is 1.66. The summed E-state index contributed by atoms with van der Waals surface area (Å²) in [4.78, 5) is 54.7. The summed E-state index contributed by atoms with van der Waals surface area (Å²) in [5.74, 6) is -3.12. The van der Waals surface area contributed by atoms with Gasteiger partial charge in [0.05, 0.1) is 12.6 Å². The summed E-state index contributed by atoms with van der Waals surface area (Å²) in [7, 11) is 0. The van der Waals surface area contributed by atoms with E-state index in [1.807, 2.05) is 38.1 Å². The molecular formula is C24H33N5O6. The standard InChI is InChI=1S/C24H33N5O6/c1-13(2)20(25)23(33)29-9-5-8-19(29)22(32)28-18(12-30)21(31)27-17(24(34)35)10-14-11-26-16-7-4-3-6-15(14)16/h3-4,6-7,11,13,17-20,26,30H,5,8-10,12,25H2,1-2H3,(H,27,31)(H,28,32)(H,34,35). The van der Waals surface area contributed by atoms with E-state index in [-0.39, 0.29) is 18.2 Å². The predicted octanol–water partition coefficient (Wildman–Crippen LogP) is -0.269. The molecule has 190 valence electrons. The number of aliphatic carboxylic acids is 1. The Morgan fingerprint density at radius 3 is 2.54 bits per heavy atom. The molecule has 1 aliphatic rings. The van der Waals surface area contributed by atoms with Crippen LogP contribution in [0.4, 0.5) is 0 Å². The van der Waals surface area contributed by atoms with Gasteiger partial charge in [0.15, 0.2) is 0 Å². The highest BCUT2D eigenvalue weighted by Crippen LogP contribution is 2.21. The van der Waals surface area contributed by atoms with Gasteiger partial charge < -0.3 is 36.5 Å². The van der Waals surface area contributed by atoms with Gasteiger partial charge in [-0.2, -0.15) is 0 Å². The van der Waals surface area contributed by atoms with E-state index in [1.165, 1.54) is 4.90 Å². The summed E-state index contributed by atoms with van der Waals surface area (Å²) in [6.45, 7) is 3.27. The van der Waals surface area contributed by atoms with Crippen LogP contribution in [0.1, 0.15) is 32.3 Å². The number of aromatic nitrogens is 1. The zero-order chi connectivity index (χ0) is 25.7. The minimum Gasteiger partial charge on any atom is -0.480 e. The van der Waals surface area contributed by atoms with Gasteiger partial charge in [-0.3, -0.25) is 14.4 Å². The number of fused-ring (bicyclic) bond motifs is 1. The van der Waals surface area contributed by atoms with Gasteiger partial charge in [-0.15, -0.1) is 0 Å². The third-order valence-corrected chi connectivity index (χ3v) is 6.37. The number of rotatable bonds is 10. The van der Waals surface area contributed by atoms with Crippen LogP contribution in [-0.2, 0) is 25.6 Å². The van der Waals surface area contributed by atoms with E-state index in [2.05, 4.69) is 15.6 Å². The van der Waals surface area contributed by atoms with Gasteiger partial charge in [0.1, 0.15) is 18.1 Å². The highest BCUT2D eigenvalue weighted by Gasteiger charge is 2.38. The van der Waals surface area contributed by atoms with Gasteiger partial charge in [0.25, 0.3) is 0 Å². The number of nitrogens with zero attached hydrogens (tertiary/aromatic N) is 1. The van der Waals surface area contributed by atoms with Gasteiger partial charge in [-0.05, 0) is 30.4 Å². The predicted molar refractivity (Wildman–Crippen MR) is 128 cm³/mol. The second kappa shape index (κ2) is 11.3. The van der Waals surface area contributed by atoms with E-state index in [0.29, 0.717) is 24.9 Å². The van der Waals surface area contributed by atoms with Crippen molar-refractivity contribution in [2.24, 2.45) is 11.7 Å². The van der Waals surface area contributed by atoms with Crippen LogP contribution < -0.4 is 16.4 Å². The van der Waals surface area contributed by atoms with Crippen LogP contribution in [0.2, 0.25) is 0 Å². The number of hydrogen-bond donors (Lipinski definition) is 6. The van der Waals surface area contributed by atoms with Crippen LogP contribution in [0.25, 0.3) is 10.9 Å². The van der Waals surface area contributed by atoms with Crippen molar-refractivity contribution in [2.45, 2.75) is 57.3 Å². The van der Waals surface area contributed by atoms with Crippen LogP contribution in [0.15, 0.2) is 30.5 Å². The van der Waals surface area contributed by atoms with Gasteiger partial charge in [-0.1, -0.05) is 32.0 Å². The number of carboxylic acids is 1. The number of nitrogens with one attached hydrogen (secondary N) is 3. The minimum atomic E-state index is -1.37. The first-order chi connectivity index (χ1) is 16.6. The largest absolute Gasteiger partial charge is 0.480 e. The van der Waals surface area contributed by atoms with Crippen molar-refractivity contribution in [1.82, 2.24) is 20.5 Å². The maximum absolute atomic E-state index is 12.9. The van der Waals surface area contributed by atoms with Crippen molar-refractivity contribution >= 4 is 34.6 Å². The minimum absolute atomic E-state index is 0.00910. The van der Waals surface area contributed by atoms with E-state index in [4.69, 9.17) is 5.73 Å². The fraction of sp³-hybridized carbons (Fsp3) is 0.500. The van der Waals surface area contributed by atoms with E-state index >= 15 is 0 Å². The Morgan fingerprint density at radius 2 is 1.89 bits per heavy atom. The molecule has 3 rings (SSSR count). The zero-order valence-electron chi connectivity index (χ0n) is 19.9. The zero-order valence-corrected chi connectivity index (χ0v) is 19.9. The Kier molecular flexibility index (Phi) is 8.47. The molecule has 1 aromatic heterocycles. The number of hydrogen-bond acceptors (Lipinski definition) is 6. The number of amides is 3. The number of para-hydroxylation sites is 1. The summed E-state index contributed by atoms with van der Waals surface area (Å²) in [6, 6.07) is 3.18. The molecule has 1 saturated heterocycles. The average molecular weight is 488 g/mol. The van der Waals surface area contributed by atoms with E-state index in [1.54, 1.807) is 6.20 Å². The first-order valence-electron chi connectivity index (χ1n) is 11.7. The topological polar surface area (TPSA) is 178 Å². The number of carbonyl (C=O) groups excluding carboxylic acids is 3. The first-order valence-corrected chi connectivity index (χ1v) is 11.7. The van der Waals surface area contributed by atoms with Gasteiger partial charge in [0, 0.05) is 30.1 Å². The molecule has 11 heteroatoms. The lowest BCUT2D eigenvalue weighted by Gasteiger charge is -2.29. The number of nitrogens with two attached hydrogens (primary N) is 1. The molecule has 3 amide bonds. The molecule has 1 fully saturated rings. The summed E-state index contributed by atoms with van der Waals surface area (Å²) in [5.41, 5.74) is 7.51. The maximum atomic E-state index is 12.9. The van der Waals surface area contributed by atoms with Crippen LogP contribution in [0.5, 0.6) is 0 Å². The molecule has 35 heavy (non-hydrogen) atoms. The second-order valence-electron chi connectivity index (χ2n) is 9.17. The molecule has 4 unspecified atom stereocenters. The summed E-state index contributed by atoms with van der Waals surface area (Å²) in [6.07, 6.45) is 2.71. The molecule has 0 saturated carbocycles. The Morgan fingerprint density at radius 1 is 1.17 bits per heavy atom. The summed E-state index contributed by atoms with van der Waals surface area (Å²) < 4.78 is 0. The smallest absolute Gasteiger partial charge is 0.326 e. The lowest BCUT2D eigenvalue weighted by molar-refractivity contribution is -0.143. The molecular weight excluding hydrogens is 454 g/mol. The summed E-state index contributed by atoms with van der Waals surface area (Å²) in [5, 5.41) is 25.1. The quantitative estimate of drug-likeness (QED) is 0.267. The maximum Gasteiger partial charge on any atom is 0.326 e. The lowest BCUT2D eigenvalue weighted by atomic mass is 10.0. The molecule has 0 radical (unpaired) electrons. The van der Waals surface area contributed by atoms with Crippen LogP contribution in [0, 0.1) is 5.92 Å². The van der Waals surface area contributed by atoms with Crippen LogP contribution in [0.3, 0.4) is 0 Å². The van der Waals surface area contributed by atoms with Gasteiger partial charge in [-0.25, -0.2) is 4.79 Å². The number of likely N-dealkylation sites (tertiary alicyclic amines) is 1. The number of aromatic amines is 1. The van der Waals surface area contributed by atoms with Gasteiger partial charge >= 0.3 is 5.97 Å². The number of H-pyrrole nitrogens is 1. The third-order valence-electron chi connectivity index (χ3n) is 6.37. The Hall–Kier alpha value is -3.44. The lowest BCUT2D eigenvalue weighted by Crippen LogP contribution is -2.58. The molecule has 2 heterocycles. The molecule has 0 aliphatic carbocycles. The molecule has 4 atom stereocenters. The van der Waals surface area contributed by atoms with Crippen LogP contribution in [-0.4, -0.2) is 81.1 Å².